The highest BCUT2D eigenvalue weighted by atomic mass is 35.5. The Morgan fingerprint density at radius 3 is 2.33 bits per heavy atom. The second kappa shape index (κ2) is 6.58. The van der Waals surface area contributed by atoms with Crippen molar-refractivity contribution in [3.05, 3.63) is 9.52 Å². The first-order valence-corrected chi connectivity index (χ1v) is 4.56. The van der Waals surface area contributed by atoms with Crippen LogP contribution in [0.15, 0.2) is 9.52 Å². The molecule has 5 heteroatoms. The van der Waals surface area contributed by atoms with E-state index in [1.165, 1.54) is 0 Å². The van der Waals surface area contributed by atoms with Gasteiger partial charge in [0, 0.05) is 0 Å². The number of ether oxygens (including phenoxy) is 1. The molecule has 0 radical (unpaired) electrons. The molecule has 70 valence electrons. The molecular weight excluding hydrogens is 222 g/mol. The van der Waals surface area contributed by atoms with E-state index in [0.717, 1.165) is 6.42 Å². The first kappa shape index (κ1) is 12.1. The maximum atomic E-state index is 10.9. The minimum absolute atomic E-state index is 0.0656. The molecule has 0 rings (SSSR count). The van der Waals surface area contributed by atoms with E-state index < -0.39 is 5.97 Å². The molecule has 0 aliphatic heterocycles. The zero-order valence-corrected chi connectivity index (χ0v) is 8.84. The number of rotatable bonds is 4. The van der Waals surface area contributed by atoms with Crippen LogP contribution in [0.25, 0.3) is 0 Å². The zero-order valence-electron chi connectivity index (χ0n) is 6.57. The summed E-state index contributed by atoms with van der Waals surface area (Å²) in [5.74, 6) is -0.416. The summed E-state index contributed by atoms with van der Waals surface area (Å²) in [6.45, 7) is 2.29. The number of carbonyl (C=O) groups excluding carboxylic acids is 1. The molecule has 0 saturated heterocycles. The molecule has 0 unspecified atom stereocenters. The molecule has 0 N–H and O–H groups in total. The largest absolute Gasteiger partial charge is 0.465 e. The molecule has 0 aliphatic carbocycles. The van der Waals surface area contributed by atoms with Crippen molar-refractivity contribution in [1.29, 1.82) is 0 Å². The molecule has 0 bridgehead atoms. The minimum atomic E-state index is -0.416. The predicted molar refractivity (Wildman–Crippen MR) is 50.5 cm³/mol. The molecule has 0 saturated carbocycles. The van der Waals surface area contributed by atoms with Gasteiger partial charge in [-0.3, -0.25) is 4.79 Å². The van der Waals surface area contributed by atoms with E-state index in [9.17, 15) is 4.79 Å². The normalized spacial score (nSPS) is 9.33. The molecular formula is C7H9Cl3O2. The van der Waals surface area contributed by atoms with Gasteiger partial charge >= 0.3 is 5.97 Å². The van der Waals surface area contributed by atoms with Gasteiger partial charge in [0.2, 0.25) is 0 Å². The predicted octanol–water partition coefficient (Wildman–Crippen LogP) is 3.22. The minimum Gasteiger partial charge on any atom is -0.465 e. The average Bonchev–Trinajstić information content (AvgIpc) is 2.00. The van der Waals surface area contributed by atoms with Crippen LogP contribution < -0.4 is 0 Å². The van der Waals surface area contributed by atoms with Gasteiger partial charge in [0.1, 0.15) is 4.49 Å². The zero-order chi connectivity index (χ0) is 9.56. The van der Waals surface area contributed by atoms with Crippen molar-refractivity contribution >= 4 is 40.8 Å². The van der Waals surface area contributed by atoms with Gasteiger partial charge in [0.05, 0.1) is 18.1 Å². The SMILES string of the molecule is CCCOC(=O)CC(Cl)=C(Cl)Cl. The summed E-state index contributed by atoms with van der Waals surface area (Å²) < 4.78 is 4.64. The van der Waals surface area contributed by atoms with Crippen LogP contribution in [-0.2, 0) is 9.53 Å². The Hall–Kier alpha value is 0.0800. The fourth-order valence-electron chi connectivity index (χ4n) is 0.460. The summed E-state index contributed by atoms with van der Waals surface area (Å²) in [7, 11) is 0. The summed E-state index contributed by atoms with van der Waals surface area (Å²) in [6.07, 6.45) is 0.714. The fourth-order valence-corrected chi connectivity index (χ4v) is 0.703. The number of hydrogen-bond acceptors (Lipinski definition) is 2. The van der Waals surface area contributed by atoms with Gasteiger partial charge in [0.25, 0.3) is 0 Å². The summed E-state index contributed by atoms with van der Waals surface area (Å²) in [6, 6.07) is 0. The molecule has 0 fully saturated rings. The van der Waals surface area contributed by atoms with E-state index >= 15 is 0 Å². The topological polar surface area (TPSA) is 26.3 Å². The van der Waals surface area contributed by atoms with Gasteiger partial charge in [-0.25, -0.2) is 0 Å². The molecule has 0 aromatic carbocycles. The van der Waals surface area contributed by atoms with Gasteiger partial charge in [0.15, 0.2) is 0 Å². The second-order valence-corrected chi connectivity index (χ2v) is 3.47. The molecule has 0 atom stereocenters. The molecule has 0 aromatic heterocycles. The average molecular weight is 232 g/mol. The summed E-state index contributed by atoms with van der Waals surface area (Å²) in [5, 5.41) is 0.111. The highest BCUT2D eigenvalue weighted by molar-refractivity contribution is 6.59. The standard InChI is InChI=1S/C7H9Cl3O2/c1-2-3-12-6(11)4-5(8)7(9)10/h2-4H2,1H3. The van der Waals surface area contributed by atoms with Crippen LogP contribution in [0.1, 0.15) is 19.8 Å². The number of esters is 1. The van der Waals surface area contributed by atoms with Crippen LogP contribution in [0.5, 0.6) is 0 Å². The van der Waals surface area contributed by atoms with Crippen molar-refractivity contribution in [3.8, 4) is 0 Å². The Kier molecular flexibility index (Phi) is 6.62. The quantitative estimate of drug-likeness (QED) is 0.695. The summed E-state index contributed by atoms with van der Waals surface area (Å²) in [5.41, 5.74) is 0. The van der Waals surface area contributed by atoms with Crippen molar-refractivity contribution in [3.63, 3.8) is 0 Å². The Bertz CT molecular complexity index is 185. The number of hydrogen-bond donors (Lipinski definition) is 0. The third-order valence-corrected chi connectivity index (χ3v) is 1.94. The van der Waals surface area contributed by atoms with Crippen LogP contribution in [0.3, 0.4) is 0 Å². The third kappa shape index (κ3) is 5.70. The van der Waals surface area contributed by atoms with Crippen molar-refractivity contribution < 1.29 is 9.53 Å². The van der Waals surface area contributed by atoms with Crippen LogP contribution >= 0.6 is 34.8 Å². The van der Waals surface area contributed by atoms with Gasteiger partial charge in [-0.15, -0.1) is 0 Å². The Balaban J connectivity index is 3.78. The number of halogens is 3. The first-order chi connectivity index (χ1) is 5.57. The smallest absolute Gasteiger partial charge is 0.311 e. The maximum absolute atomic E-state index is 10.9. The third-order valence-electron chi connectivity index (χ3n) is 0.972. The van der Waals surface area contributed by atoms with Gasteiger partial charge in [-0.05, 0) is 6.42 Å². The molecule has 2 nitrogen and oxygen atoms in total. The van der Waals surface area contributed by atoms with E-state index in [0.29, 0.717) is 6.61 Å². The molecule has 0 spiro atoms. The molecule has 0 heterocycles. The molecule has 0 aromatic rings. The van der Waals surface area contributed by atoms with Crippen LogP contribution in [0, 0.1) is 0 Å². The van der Waals surface area contributed by atoms with Gasteiger partial charge in [-0.2, -0.15) is 0 Å². The molecule has 12 heavy (non-hydrogen) atoms. The second-order valence-electron chi connectivity index (χ2n) is 2.06. The Morgan fingerprint density at radius 2 is 1.92 bits per heavy atom. The lowest BCUT2D eigenvalue weighted by molar-refractivity contribution is -0.142. The van der Waals surface area contributed by atoms with E-state index in [4.69, 9.17) is 39.5 Å². The van der Waals surface area contributed by atoms with Gasteiger partial charge < -0.3 is 4.74 Å². The van der Waals surface area contributed by atoms with Crippen molar-refractivity contribution in [2.45, 2.75) is 19.8 Å². The van der Waals surface area contributed by atoms with E-state index in [1.54, 1.807) is 0 Å². The van der Waals surface area contributed by atoms with E-state index in [-0.39, 0.29) is 15.9 Å². The lowest BCUT2D eigenvalue weighted by Crippen LogP contribution is -2.04. The van der Waals surface area contributed by atoms with E-state index in [2.05, 4.69) is 0 Å². The molecule has 0 amide bonds. The van der Waals surface area contributed by atoms with Gasteiger partial charge in [-0.1, -0.05) is 41.7 Å². The maximum Gasteiger partial charge on any atom is 0.311 e. The van der Waals surface area contributed by atoms with Crippen molar-refractivity contribution in [1.82, 2.24) is 0 Å². The first-order valence-electron chi connectivity index (χ1n) is 3.43. The highest BCUT2D eigenvalue weighted by Gasteiger charge is 2.07. The van der Waals surface area contributed by atoms with Crippen molar-refractivity contribution in [2.75, 3.05) is 6.61 Å². The van der Waals surface area contributed by atoms with E-state index in [1.807, 2.05) is 6.92 Å². The summed E-state index contributed by atoms with van der Waals surface area (Å²) in [4.78, 5) is 10.9. The lowest BCUT2D eigenvalue weighted by Gasteiger charge is -2.01. The highest BCUT2D eigenvalue weighted by Crippen LogP contribution is 2.20. The monoisotopic (exact) mass is 230 g/mol. The van der Waals surface area contributed by atoms with Crippen LogP contribution in [0.4, 0.5) is 0 Å². The number of carbonyl (C=O) groups is 1. The van der Waals surface area contributed by atoms with Crippen LogP contribution in [-0.4, -0.2) is 12.6 Å². The molecule has 0 aliphatic rings. The fraction of sp³-hybridized carbons (Fsp3) is 0.571. The summed E-state index contributed by atoms with van der Waals surface area (Å²) >= 11 is 16.1. The Morgan fingerprint density at radius 1 is 1.33 bits per heavy atom. The Labute approximate surface area is 86.4 Å². The lowest BCUT2D eigenvalue weighted by atomic mass is 10.4. The van der Waals surface area contributed by atoms with Crippen LogP contribution in [0.2, 0.25) is 0 Å². The van der Waals surface area contributed by atoms with Crippen molar-refractivity contribution in [2.24, 2.45) is 0 Å².